The van der Waals surface area contributed by atoms with Crippen LogP contribution in [0.15, 0.2) is 42.6 Å². The highest BCUT2D eigenvalue weighted by Gasteiger charge is 2.05. The summed E-state index contributed by atoms with van der Waals surface area (Å²) in [4.78, 5) is 13.9. The normalized spacial score (nSPS) is 10.2. The first-order valence-corrected chi connectivity index (χ1v) is 5.94. The molecule has 0 saturated carbocycles. The van der Waals surface area contributed by atoms with Gasteiger partial charge in [-0.05, 0) is 12.5 Å². The number of aromatic nitrogens is 1. The van der Waals surface area contributed by atoms with Crippen LogP contribution in [0.4, 0.5) is 5.69 Å². The average molecular weight is 258 g/mol. The average Bonchev–Trinajstić information content (AvgIpc) is 2.39. The molecule has 0 aliphatic heterocycles. The molecule has 19 heavy (non-hydrogen) atoms. The van der Waals surface area contributed by atoms with Crippen LogP contribution < -0.4 is 4.74 Å². The van der Waals surface area contributed by atoms with E-state index in [-0.39, 0.29) is 5.69 Å². The number of aryl methyl sites for hydroxylation is 1. The Balaban J connectivity index is 1.87. The van der Waals surface area contributed by atoms with Gasteiger partial charge in [0.05, 0.1) is 11.5 Å². The lowest BCUT2D eigenvalue weighted by Crippen LogP contribution is -2.03. The number of pyridine rings is 1. The molecule has 0 atom stereocenters. The molecule has 1 aromatic carbocycles. The van der Waals surface area contributed by atoms with Crippen LogP contribution in [0, 0.1) is 17.0 Å². The molecule has 5 heteroatoms. The van der Waals surface area contributed by atoms with E-state index in [4.69, 9.17) is 4.74 Å². The van der Waals surface area contributed by atoms with E-state index >= 15 is 0 Å². The molecular weight excluding hydrogens is 244 g/mol. The van der Waals surface area contributed by atoms with Crippen molar-refractivity contribution in [3.8, 4) is 5.88 Å². The van der Waals surface area contributed by atoms with Crippen LogP contribution in [0.1, 0.15) is 11.1 Å². The van der Waals surface area contributed by atoms with Crippen molar-refractivity contribution in [3.05, 3.63) is 63.8 Å². The zero-order valence-electron chi connectivity index (χ0n) is 10.6. The monoisotopic (exact) mass is 258 g/mol. The summed E-state index contributed by atoms with van der Waals surface area (Å²) in [5, 5.41) is 10.5. The van der Waals surface area contributed by atoms with Gasteiger partial charge in [0.15, 0.2) is 0 Å². The number of nitro groups is 1. The third-order valence-electron chi connectivity index (χ3n) is 2.65. The minimum atomic E-state index is -0.483. The molecule has 1 aromatic heterocycles. The molecule has 5 nitrogen and oxygen atoms in total. The fraction of sp³-hybridized carbons (Fsp3) is 0.214. The van der Waals surface area contributed by atoms with Gasteiger partial charge >= 0.3 is 0 Å². The van der Waals surface area contributed by atoms with Crippen molar-refractivity contribution >= 4 is 5.69 Å². The van der Waals surface area contributed by atoms with Crippen molar-refractivity contribution in [3.63, 3.8) is 0 Å². The van der Waals surface area contributed by atoms with Crippen molar-refractivity contribution in [2.24, 2.45) is 0 Å². The predicted molar refractivity (Wildman–Crippen MR) is 71.3 cm³/mol. The Hall–Kier alpha value is -2.43. The second-order valence-electron chi connectivity index (χ2n) is 4.20. The van der Waals surface area contributed by atoms with E-state index in [2.05, 4.69) is 11.1 Å². The highest BCUT2D eigenvalue weighted by Crippen LogP contribution is 2.14. The largest absolute Gasteiger partial charge is 0.477 e. The van der Waals surface area contributed by atoms with Crippen molar-refractivity contribution in [2.45, 2.75) is 13.3 Å². The summed E-state index contributed by atoms with van der Waals surface area (Å²) in [6.45, 7) is 2.54. The Labute approximate surface area is 111 Å². The molecule has 1 heterocycles. The summed E-state index contributed by atoms with van der Waals surface area (Å²) < 4.78 is 5.45. The summed E-state index contributed by atoms with van der Waals surface area (Å²) in [5.74, 6) is 0.401. The van der Waals surface area contributed by atoms with Gasteiger partial charge in [-0.15, -0.1) is 0 Å². The first-order chi connectivity index (χ1) is 9.15. The molecule has 0 N–H and O–H groups in total. The fourth-order valence-corrected chi connectivity index (χ4v) is 1.71. The molecule has 0 spiro atoms. The van der Waals surface area contributed by atoms with Crippen molar-refractivity contribution < 1.29 is 9.66 Å². The van der Waals surface area contributed by atoms with E-state index in [0.717, 1.165) is 6.42 Å². The maximum atomic E-state index is 10.5. The summed E-state index contributed by atoms with van der Waals surface area (Å²) >= 11 is 0. The van der Waals surface area contributed by atoms with E-state index < -0.39 is 4.92 Å². The minimum Gasteiger partial charge on any atom is -0.477 e. The molecule has 0 radical (unpaired) electrons. The van der Waals surface area contributed by atoms with Crippen LogP contribution in [-0.2, 0) is 6.42 Å². The quantitative estimate of drug-likeness (QED) is 0.611. The molecule has 0 aliphatic carbocycles. The lowest BCUT2D eigenvalue weighted by Gasteiger charge is -2.05. The van der Waals surface area contributed by atoms with Gasteiger partial charge in [-0.1, -0.05) is 29.8 Å². The summed E-state index contributed by atoms with van der Waals surface area (Å²) in [7, 11) is 0. The topological polar surface area (TPSA) is 65.3 Å². The predicted octanol–water partition coefficient (Wildman–Crippen LogP) is 2.92. The molecule has 0 aliphatic rings. The number of hydrogen-bond donors (Lipinski definition) is 0. The van der Waals surface area contributed by atoms with Crippen molar-refractivity contribution in [2.75, 3.05) is 6.61 Å². The van der Waals surface area contributed by atoms with E-state index in [1.165, 1.54) is 29.5 Å². The Morgan fingerprint density at radius 3 is 2.79 bits per heavy atom. The Kier molecular flexibility index (Phi) is 4.07. The van der Waals surface area contributed by atoms with Crippen LogP contribution in [-0.4, -0.2) is 16.5 Å². The van der Waals surface area contributed by atoms with Crippen LogP contribution in [0.5, 0.6) is 5.88 Å². The lowest BCUT2D eigenvalue weighted by molar-refractivity contribution is -0.385. The molecule has 0 fully saturated rings. The molecule has 0 amide bonds. The van der Waals surface area contributed by atoms with Crippen LogP contribution in [0.25, 0.3) is 0 Å². The van der Waals surface area contributed by atoms with Gasteiger partial charge in [-0.3, -0.25) is 10.1 Å². The third-order valence-corrected chi connectivity index (χ3v) is 2.65. The highest BCUT2D eigenvalue weighted by molar-refractivity contribution is 5.29. The Morgan fingerprint density at radius 1 is 1.32 bits per heavy atom. The number of rotatable bonds is 5. The van der Waals surface area contributed by atoms with Gasteiger partial charge in [0.2, 0.25) is 5.88 Å². The zero-order chi connectivity index (χ0) is 13.7. The third kappa shape index (κ3) is 3.77. The number of hydrogen-bond acceptors (Lipinski definition) is 4. The van der Waals surface area contributed by atoms with Crippen LogP contribution >= 0.6 is 0 Å². The van der Waals surface area contributed by atoms with Gasteiger partial charge in [-0.25, -0.2) is 4.98 Å². The zero-order valence-corrected chi connectivity index (χ0v) is 10.6. The van der Waals surface area contributed by atoms with Gasteiger partial charge < -0.3 is 4.74 Å². The van der Waals surface area contributed by atoms with Gasteiger partial charge in [0, 0.05) is 18.6 Å². The summed E-state index contributed by atoms with van der Waals surface area (Å²) in [5.41, 5.74) is 2.37. The number of ether oxygens (including phenoxy) is 1. The van der Waals surface area contributed by atoms with E-state index in [0.29, 0.717) is 12.5 Å². The molecule has 0 bridgehead atoms. The maximum Gasteiger partial charge on any atom is 0.287 e. The van der Waals surface area contributed by atoms with Gasteiger partial charge in [-0.2, -0.15) is 0 Å². The SMILES string of the molecule is Cc1cccc(CCOc2ccc([N+](=O)[O-])cn2)c1. The lowest BCUT2D eigenvalue weighted by atomic mass is 10.1. The Morgan fingerprint density at radius 2 is 2.16 bits per heavy atom. The molecule has 0 unspecified atom stereocenters. The number of benzene rings is 1. The van der Waals surface area contributed by atoms with Gasteiger partial charge in [0.1, 0.15) is 6.20 Å². The van der Waals surface area contributed by atoms with Crippen LogP contribution in [0.2, 0.25) is 0 Å². The molecule has 0 saturated heterocycles. The summed E-state index contributed by atoms with van der Waals surface area (Å²) in [6.07, 6.45) is 1.97. The van der Waals surface area contributed by atoms with E-state index in [1.807, 2.05) is 25.1 Å². The van der Waals surface area contributed by atoms with Gasteiger partial charge in [0.25, 0.3) is 5.69 Å². The van der Waals surface area contributed by atoms with Crippen LogP contribution in [0.3, 0.4) is 0 Å². The molecule has 98 valence electrons. The fourth-order valence-electron chi connectivity index (χ4n) is 1.71. The van der Waals surface area contributed by atoms with Crippen molar-refractivity contribution in [1.29, 1.82) is 0 Å². The molecule has 2 aromatic rings. The van der Waals surface area contributed by atoms with Crippen molar-refractivity contribution in [1.82, 2.24) is 4.98 Å². The summed E-state index contributed by atoms with van der Waals surface area (Å²) in [6, 6.07) is 11.1. The Bertz CT molecular complexity index is 567. The maximum absolute atomic E-state index is 10.5. The van der Waals surface area contributed by atoms with E-state index in [1.54, 1.807) is 0 Å². The second kappa shape index (κ2) is 5.95. The minimum absolute atomic E-state index is 0.0361. The van der Waals surface area contributed by atoms with E-state index in [9.17, 15) is 10.1 Å². The molecule has 2 rings (SSSR count). The first-order valence-electron chi connectivity index (χ1n) is 5.94. The highest BCUT2D eigenvalue weighted by atomic mass is 16.6. The smallest absolute Gasteiger partial charge is 0.287 e. The molecular formula is C14H14N2O3. The second-order valence-corrected chi connectivity index (χ2v) is 4.20. The number of nitrogens with zero attached hydrogens (tertiary/aromatic N) is 2. The first kappa shape index (κ1) is 13.0. The standard InChI is InChI=1S/C14H14N2O3/c1-11-3-2-4-12(9-11)7-8-19-14-6-5-13(10-15-14)16(17)18/h2-6,9-10H,7-8H2,1H3.